The highest BCUT2D eigenvalue weighted by Gasteiger charge is 2.18. The van der Waals surface area contributed by atoms with Gasteiger partial charge in [0.2, 0.25) is 5.91 Å². The van der Waals surface area contributed by atoms with Crippen LogP contribution in [0.15, 0.2) is 66.1 Å². The molecule has 3 aromatic rings. The van der Waals surface area contributed by atoms with E-state index in [2.05, 4.69) is 15.6 Å². The van der Waals surface area contributed by atoms with Crippen molar-refractivity contribution in [1.82, 2.24) is 14.9 Å². The Bertz CT molecular complexity index is 1060. The third-order valence-corrected chi connectivity index (χ3v) is 6.40. The smallest absolute Gasteiger partial charge is 0.251 e. The Morgan fingerprint density at radius 1 is 1.10 bits per heavy atom. The number of hydrogen-bond acceptors (Lipinski definition) is 4. The topological polar surface area (TPSA) is 76.0 Å². The molecule has 0 atom stereocenters. The summed E-state index contributed by atoms with van der Waals surface area (Å²) in [6, 6.07) is 15.4. The lowest BCUT2D eigenvalue weighted by Crippen LogP contribution is -2.32. The summed E-state index contributed by atoms with van der Waals surface area (Å²) in [7, 11) is 0. The maximum atomic E-state index is 12.4. The molecule has 1 aliphatic carbocycles. The fraction of sp³-hybridized carbons (Fsp3) is 0.292. The summed E-state index contributed by atoms with van der Waals surface area (Å²) in [5.41, 5.74) is 3.48. The van der Waals surface area contributed by atoms with Gasteiger partial charge in [-0.3, -0.25) is 14.2 Å². The molecule has 1 aromatic heterocycles. The van der Waals surface area contributed by atoms with Crippen LogP contribution >= 0.6 is 11.8 Å². The van der Waals surface area contributed by atoms with Crippen LogP contribution in [0.3, 0.4) is 0 Å². The molecule has 4 rings (SSSR count). The van der Waals surface area contributed by atoms with Gasteiger partial charge in [0, 0.05) is 29.7 Å². The van der Waals surface area contributed by atoms with E-state index < -0.39 is 0 Å². The fourth-order valence-corrected chi connectivity index (χ4v) is 4.55. The number of carbonyl (C=O) groups is 2. The van der Waals surface area contributed by atoms with Crippen molar-refractivity contribution < 1.29 is 9.59 Å². The van der Waals surface area contributed by atoms with Crippen molar-refractivity contribution in [3.05, 3.63) is 72.1 Å². The number of carbonyl (C=O) groups excluding carboxylic acids is 2. The number of nitrogens with one attached hydrogen (secondary N) is 2. The first-order valence-electron chi connectivity index (χ1n) is 10.5. The zero-order chi connectivity index (χ0) is 21.6. The van der Waals surface area contributed by atoms with Gasteiger partial charge in [0.1, 0.15) is 0 Å². The summed E-state index contributed by atoms with van der Waals surface area (Å²) in [6.45, 7) is 2.05. The third-order valence-electron chi connectivity index (χ3n) is 5.44. The average molecular weight is 435 g/mol. The summed E-state index contributed by atoms with van der Waals surface area (Å²) >= 11 is 1.39. The van der Waals surface area contributed by atoms with Gasteiger partial charge in [-0.1, -0.05) is 42.8 Å². The van der Waals surface area contributed by atoms with Crippen LogP contribution < -0.4 is 10.6 Å². The van der Waals surface area contributed by atoms with E-state index >= 15 is 0 Å². The first-order chi connectivity index (χ1) is 15.1. The van der Waals surface area contributed by atoms with Crippen molar-refractivity contribution in [3.8, 4) is 5.69 Å². The zero-order valence-electron chi connectivity index (χ0n) is 17.5. The minimum absolute atomic E-state index is 0.0524. The molecule has 1 heterocycles. The van der Waals surface area contributed by atoms with Gasteiger partial charge < -0.3 is 10.6 Å². The van der Waals surface area contributed by atoms with Crippen LogP contribution in [0.2, 0.25) is 0 Å². The molecule has 6 nitrogen and oxygen atoms in total. The van der Waals surface area contributed by atoms with Crippen molar-refractivity contribution in [2.24, 2.45) is 0 Å². The average Bonchev–Trinajstić information content (AvgIpc) is 3.45. The SMILES string of the molecule is Cc1ccccc1-n1ccnc1SCC(=O)Nc1ccc(C(=O)NC2CCCC2)cc1. The number of anilines is 1. The van der Waals surface area contributed by atoms with Crippen molar-refractivity contribution >= 4 is 29.3 Å². The highest BCUT2D eigenvalue weighted by atomic mass is 32.2. The lowest BCUT2D eigenvalue weighted by Gasteiger charge is -2.12. The molecule has 0 spiro atoms. The van der Waals surface area contributed by atoms with E-state index in [9.17, 15) is 9.59 Å². The summed E-state index contributed by atoms with van der Waals surface area (Å²) in [4.78, 5) is 29.1. The highest BCUT2D eigenvalue weighted by molar-refractivity contribution is 7.99. The van der Waals surface area contributed by atoms with E-state index in [-0.39, 0.29) is 23.6 Å². The number of aryl methyl sites for hydroxylation is 1. The van der Waals surface area contributed by atoms with Crippen molar-refractivity contribution in [3.63, 3.8) is 0 Å². The Balaban J connectivity index is 1.31. The van der Waals surface area contributed by atoms with E-state index in [1.54, 1.807) is 30.5 Å². The van der Waals surface area contributed by atoms with Crippen molar-refractivity contribution in [1.29, 1.82) is 0 Å². The maximum absolute atomic E-state index is 12.4. The molecule has 0 saturated heterocycles. The van der Waals surface area contributed by atoms with Gasteiger partial charge in [0.25, 0.3) is 5.91 Å². The van der Waals surface area contributed by atoms with Gasteiger partial charge >= 0.3 is 0 Å². The lowest BCUT2D eigenvalue weighted by molar-refractivity contribution is -0.113. The van der Waals surface area contributed by atoms with E-state index in [0.717, 1.165) is 29.2 Å². The van der Waals surface area contributed by atoms with Gasteiger partial charge in [0.15, 0.2) is 5.16 Å². The van der Waals surface area contributed by atoms with Crippen molar-refractivity contribution in [2.75, 3.05) is 11.1 Å². The number of nitrogens with zero attached hydrogens (tertiary/aromatic N) is 2. The van der Waals surface area contributed by atoms with Crippen LogP contribution in [-0.4, -0.2) is 33.2 Å². The quantitative estimate of drug-likeness (QED) is 0.534. The molecule has 160 valence electrons. The third kappa shape index (κ3) is 5.35. The molecule has 2 aromatic carbocycles. The molecular formula is C24H26N4O2S. The number of para-hydroxylation sites is 1. The number of aromatic nitrogens is 2. The van der Waals surface area contributed by atoms with E-state index in [0.29, 0.717) is 11.3 Å². The Morgan fingerprint density at radius 2 is 1.84 bits per heavy atom. The summed E-state index contributed by atoms with van der Waals surface area (Å²) in [5.74, 6) is 0.0724. The van der Waals surface area contributed by atoms with Gasteiger partial charge in [-0.2, -0.15) is 0 Å². The van der Waals surface area contributed by atoms with E-state index in [1.807, 2.05) is 42.0 Å². The van der Waals surface area contributed by atoms with Crippen molar-refractivity contribution in [2.45, 2.75) is 43.8 Å². The molecule has 1 saturated carbocycles. The number of amides is 2. The highest BCUT2D eigenvalue weighted by Crippen LogP contribution is 2.23. The van der Waals surface area contributed by atoms with Gasteiger partial charge in [0.05, 0.1) is 11.4 Å². The second kappa shape index (κ2) is 9.83. The second-order valence-corrected chi connectivity index (χ2v) is 8.68. The molecule has 31 heavy (non-hydrogen) atoms. The molecule has 2 N–H and O–H groups in total. The minimum Gasteiger partial charge on any atom is -0.349 e. The minimum atomic E-state index is -0.118. The van der Waals surface area contributed by atoms with Crippen LogP contribution in [-0.2, 0) is 4.79 Å². The van der Waals surface area contributed by atoms with Crippen LogP contribution in [0.4, 0.5) is 5.69 Å². The molecule has 7 heteroatoms. The van der Waals surface area contributed by atoms with Gasteiger partial charge in [-0.25, -0.2) is 4.98 Å². The standard InChI is InChI=1S/C24H26N4O2S/c1-17-6-2-5-9-21(17)28-15-14-25-24(28)31-16-22(29)26-20-12-10-18(11-13-20)23(30)27-19-7-3-4-8-19/h2,5-6,9-15,19H,3-4,7-8,16H2,1H3,(H,26,29)(H,27,30). The summed E-state index contributed by atoms with van der Waals surface area (Å²) < 4.78 is 1.99. The first kappa shape index (κ1) is 21.2. The Labute approximate surface area is 186 Å². The number of benzene rings is 2. The van der Waals surface area contributed by atoms with E-state index in [1.165, 1.54) is 24.6 Å². The Morgan fingerprint density at radius 3 is 2.58 bits per heavy atom. The monoisotopic (exact) mass is 434 g/mol. The lowest BCUT2D eigenvalue weighted by atomic mass is 10.1. The first-order valence-corrected chi connectivity index (χ1v) is 11.5. The number of imidazole rings is 1. The number of rotatable bonds is 7. The molecule has 1 aliphatic rings. The molecule has 1 fully saturated rings. The normalized spacial score (nSPS) is 13.8. The van der Waals surface area contributed by atoms with E-state index in [4.69, 9.17) is 0 Å². The predicted molar refractivity (Wildman–Crippen MR) is 124 cm³/mol. The second-order valence-electron chi connectivity index (χ2n) is 7.74. The predicted octanol–water partition coefficient (Wildman–Crippen LogP) is 4.58. The van der Waals surface area contributed by atoms with Gasteiger partial charge in [-0.15, -0.1) is 0 Å². The molecule has 0 aliphatic heterocycles. The number of thioether (sulfide) groups is 1. The molecular weight excluding hydrogens is 408 g/mol. The largest absolute Gasteiger partial charge is 0.349 e. The van der Waals surface area contributed by atoms with Crippen LogP contribution in [0.25, 0.3) is 5.69 Å². The van der Waals surface area contributed by atoms with Crippen LogP contribution in [0.5, 0.6) is 0 Å². The van der Waals surface area contributed by atoms with Gasteiger partial charge in [-0.05, 0) is 55.7 Å². The summed E-state index contributed by atoms with van der Waals surface area (Å²) in [6.07, 6.45) is 8.11. The Kier molecular flexibility index (Phi) is 6.72. The van der Waals surface area contributed by atoms with Crippen LogP contribution in [0.1, 0.15) is 41.6 Å². The Hall–Kier alpha value is -3.06. The maximum Gasteiger partial charge on any atom is 0.251 e. The zero-order valence-corrected chi connectivity index (χ0v) is 18.3. The van der Waals surface area contributed by atoms with Crippen LogP contribution in [0, 0.1) is 6.92 Å². The summed E-state index contributed by atoms with van der Waals surface area (Å²) in [5, 5.41) is 6.73. The molecule has 0 bridgehead atoms. The molecule has 0 unspecified atom stereocenters. The fourth-order valence-electron chi connectivity index (χ4n) is 3.78. The number of hydrogen-bond donors (Lipinski definition) is 2. The molecule has 0 radical (unpaired) electrons. The molecule has 2 amide bonds.